The van der Waals surface area contributed by atoms with Crippen molar-refractivity contribution in [3.8, 4) is 0 Å². The van der Waals surface area contributed by atoms with Crippen molar-refractivity contribution >= 4 is 23.9 Å². The van der Waals surface area contributed by atoms with Crippen molar-refractivity contribution in [2.75, 3.05) is 72.3 Å². The van der Waals surface area contributed by atoms with Gasteiger partial charge in [0.2, 0.25) is 0 Å². The maximum atomic E-state index is 10.6. The van der Waals surface area contributed by atoms with Crippen LogP contribution >= 0.6 is 0 Å². The fraction of sp³-hybridized carbons (Fsp3) is 0.750. The predicted octanol–water partition coefficient (Wildman–Crippen LogP) is -2.04. The van der Waals surface area contributed by atoms with Gasteiger partial charge in [-0.05, 0) is 6.92 Å². The Labute approximate surface area is 168 Å². The molecule has 13 nitrogen and oxygen atoms in total. The third-order valence-corrected chi connectivity index (χ3v) is 2.91. The number of rotatable bonds is 17. The Bertz CT molecular complexity index is 413. The molecule has 0 spiro atoms. The largest absolute Gasteiger partial charge is 0.480 e. The van der Waals surface area contributed by atoms with E-state index in [1.54, 1.807) is 6.92 Å². The molecule has 0 aromatic rings. The first-order chi connectivity index (χ1) is 13.6. The number of aliphatic carboxylic acids is 4. The summed E-state index contributed by atoms with van der Waals surface area (Å²) in [6.07, 6.45) is 0. The van der Waals surface area contributed by atoms with E-state index in [1.165, 1.54) is 9.80 Å². The minimum atomic E-state index is -1.14. The molecule has 0 saturated carbocycles. The maximum Gasteiger partial charge on any atom is 0.317 e. The summed E-state index contributed by atoms with van der Waals surface area (Å²) in [4.78, 5) is 44.9. The first-order valence-electron chi connectivity index (χ1n) is 8.70. The van der Waals surface area contributed by atoms with Gasteiger partial charge in [0.05, 0.1) is 52.6 Å². The Morgan fingerprint density at radius 2 is 0.862 bits per heavy atom. The van der Waals surface area contributed by atoms with E-state index in [9.17, 15) is 19.2 Å². The number of hydrogen-bond acceptors (Lipinski definition) is 9. The second-order valence-electron chi connectivity index (χ2n) is 5.54. The van der Waals surface area contributed by atoms with Crippen molar-refractivity contribution in [1.82, 2.24) is 9.80 Å². The molecule has 0 heterocycles. The standard InChI is InChI=1S/C14H24N2O10.C2H6O/c17-11(18)7-15(8-12(19)20)1-3-25-5-6-26-4-2-16(9-13(21)22)10-14(23)24;1-2-3/h1-10H2,(H,17,18)(H,19,20)(H,21,22)(H,23,24);3H,2H2,1H3. The van der Waals surface area contributed by atoms with Crippen molar-refractivity contribution in [2.45, 2.75) is 6.92 Å². The minimum Gasteiger partial charge on any atom is -0.480 e. The molecule has 5 N–H and O–H groups in total. The van der Waals surface area contributed by atoms with Crippen LogP contribution in [0.1, 0.15) is 6.92 Å². The van der Waals surface area contributed by atoms with E-state index in [2.05, 4.69) is 0 Å². The number of nitrogens with zero attached hydrogens (tertiary/aromatic N) is 2. The lowest BCUT2D eigenvalue weighted by molar-refractivity contribution is -0.144. The zero-order valence-corrected chi connectivity index (χ0v) is 16.4. The van der Waals surface area contributed by atoms with Crippen LogP contribution in [0.4, 0.5) is 0 Å². The SMILES string of the molecule is CCO.O=C(O)CN(CCOCCOCCN(CC(=O)O)CC(=O)O)CC(=O)O. The van der Waals surface area contributed by atoms with E-state index in [0.717, 1.165) is 0 Å². The average Bonchev–Trinajstić information content (AvgIpc) is 2.55. The summed E-state index contributed by atoms with van der Waals surface area (Å²) in [6.45, 7) is 1.14. The van der Waals surface area contributed by atoms with Gasteiger partial charge in [-0.2, -0.15) is 0 Å². The van der Waals surface area contributed by atoms with Gasteiger partial charge in [0, 0.05) is 19.7 Å². The molecule has 0 fully saturated rings. The van der Waals surface area contributed by atoms with Crippen LogP contribution < -0.4 is 0 Å². The summed E-state index contributed by atoms with van der Waals surface area (Å²) in [6, 6.07) is 0. The molecule has 0 unspecified atom stereocenters. The number of aliphatic hydroxyl groups is 1. The van der Waals surface area contributed by atoms with Crippen molar-refractivity contribution in [3.63, 3.8) is 0 Å². The summed E-state index contributed by atoms with van der Waals surface area (Å²) < 4.78 is 10.4. The van der Waals surface area contributed by atoms with Crippen molar-refractivity contribution in [3.05, 3.63) is 0 Å². The van der Waals surface area contributed by atoms with Gasteiger partial charge < -0.3 is 35.0 Å². The fourth-order valence-corrected chi connectivity index (χ4v) is 1.90. The van der Waals surface area contributed by atoms with E-state index >= 15 is 0 Å². The van der Waals surface area contributed by atoms with Crippen LogP contribution in [0.2, 0.25) is 0 Å². The molecule has 0 amide bonds. The molecule has 29 heavy (non-hydrogen) atoms. The van der Waals surface area contributed by atoms with E-state index in [0.29, 0.717) is 0 Å². The lowest BCUT2D eigenvalue weighted by Crippen LogP contribution is -2.37. The molecule has 170 valence electrons. The van der Waals surface area contributed by atoms with Gasteiger partial charge >= 0.3 is 23.9 Å². The van der Waals surface area contributed by atoms with Gasteiger partial charge in [0.15, 0.2) is 0 Å². The van der Waals surface area contributed by atoms with E-state index < -0.39 is 50.1 Å². The topological polar surface area (TPSA) is 194 Å². The van der Waals surface area contributed by atoms with Crippen LogP contribution in [0.5, 0.6) is 0 Å². The predicted molar refractivity (Wildman–Crippen MR) is 97.8 cm³/mol. The minimum absolute atomic E-state index is 0.119. The van der Waals surface area contributed by atoms with Crippen molar-refractivity contribution in [2.24, 2.45) is 0 Å². The summed E-state index contributed by atoms with van der Waals surface area (Å²) in [5.74, 6) is -4.55. The molecule has 0 aromatic heterocycles. The molecule has 0 aromatic carbocycles. The highest BCUT2D eigenvalue weighted by molar-refractivity contribution is 5.73. The molecule has 0 bridgehead atoms. The summed E-state index contributed by atoms with van der Waals surface area (Å²) in [5.41, 5.74) is 0. The third-order valence-electron chi connectivity index (χ3n) is 2.91. The molecule has 0 aliphatic rings. The van der Waals surface area contributed by atoms with Crippen molar-refractivity contribution in [1.29, 1.82) is 0 Å². The summed E-state index contributed by atoms with van der Waals surface area (Å²) in [7, 11) is 0. The van der Waals surface area contributed by atoms with Gasteiger partial charge in [-0.1, -0.05) is 0 Å². The van der Waals surface area contributed by atoms with Crippen molar-refractivity contribution < 1.29 is 54.2 Å². The van der Waals surface area contributed by atoms with Crippen LogP contribution in [-0.2, 0) is 28.7 Å². The first kappa shape index (κ1) is 28.9. The zero-order chi connectivity index (χ0) is 22.7. The number of ether oxygens (including phenoxy) is 2. The average molecular weight is 426 g/mol. The Balaban J connectivity index is 0. The van der Waals surface area contributed by atoms with Gasteiger partial charge in [-0.25, -0.2) is 0 Å². The molecule has 0 atom stereocenters. The monoisotopic (exact) mass is 426 g/mol. The Hall–Kier alpha value is -2.32. The number of carbonyl (C=O) groups is 4. The van der Waals surface area contributed by atoms with Gasteiger partial charge in [0.1, 0.15) is 0 Å². The molecule has 0 radical (unpaired) electrons. The van der Waals surface area contributed by atoms with Crippen LogP contribution in [0, 0.1) is 0 Å². The zero-order valence-electron chi connectivity index (χ0n) is 16.4. The lowest BCUT2D eigenvalue weighted by Gasteiger charge is -2.18. The molecule has 0 aliphatic heterocycles. The molecule has 13 heteroatoms. The Kier molecular flexibility index (Phi) is 18.9. The van der Waals surface area contributed by atoms with E-state index in [4.69, 9.17) is 35.0 Å². The Morgan fingerprint density at radius 3 is 1.07 bits per heavy atom. The molecular formula is C16H30N2O11. The number of aliphatic hydroxyl groups excluding tert-OH is 1. The van der Waals surface area contributed by atoms with Gasteiger partial charge in [-0.3, -0.25) is 29.0 Å². The smallest absolute Gasteiger partial charge is 0.317 e. The van der Waals surface area contributed by atoms with Crippen LogP contribution in [0.15, 0.2) is 0 Å². The molecule has 0 aliphatic carbocycles. The number of carboxylic acid groups (broad SMARTS) is 4. The maximum absolute atomic E-state index is 10.6. The second kappa shape index (κ2) is 19.0. The number of carboxylic acids is 4. The van der Waals surface area contributed by atoms with Crippen LogP contribution in [-0.4, -0.2) is 132 Å². The highest BCUT2D eigenvalue weighted by atomic mass is 16.5. The van der Waals surface area contributed by atoms with Gasteiger partial charge in [0.25, 0.3) is 0 Å². The van der Waals surface area contributed by atoms with Gasteiger partial charge in [-0.15, -0.1) is 0 Å². The number of hydrogen-bond donors (Lipinski definition) is 5. The highest BCUT2D eigenvalue weighted by Gasteiger charge is 2.14. The lowest BCUT2D eigenvalue weighted by atomic mass is 10.4. The third kappa shape index (κ3) is 23.6. The summed E-state index contributed by atoms with van der Waals surface area (Å²) >= 11 is 0. The van der Waals surface area contributed by atoms with Crippen LogP contribution in [0.25, 0.3) is 0 Å². The highest BCUT2D eigenvalue weighted by Crippen LogP contribution is 1.92. The molecular weight excluding hydrogens is 396 g/mol. The quantitative estimate of drug-likeness (QED) is 0.160. The van der Waals surface area contributed by atoms with Crippen LogP contribution in [0.3, 0.4) is 0 Å². The summed E-state index contributed by atoms with van der Waals surface area (Å²) in [5, 5.41) is 42.3. The molecule has 0 rings (SSSR count). The molecule has 0 saturated heterocycles. The van der Waals surface area contributed by atoms with E-state index in [1.807, 2.05) is 0 Å². The normalized spacial score (nSPS) is 10.5. The van der Waals surface area contributed by atoms with E-state index in [-0.39, 0.29) is 46.1 Å². The first-order valence-corrected chi connectivity index (χ1v) is 8.70. The Morgan fingerprint density at radius 1 is 0.621 bits per heavy atom. The fourth-order valence-electron chi connectivity index (χ4n) is 1.90. The second-order valence-corrected chi connectivity index (χ2v) is 5.54.